The first kappa shape index (κ1) is 19.0. The quantitative estimate of drug-likeness (QED) is 0.858. The van der Waals surface area contributed by atoms with Crippen LogP contribution in [0.15, 0.2) is 47.4 Å². The van der Waals surface area contributed by atoms with E-state index in [1.54, 1.807) is 24.3 Å². The van der Waals surface area contributed by atoms with Crippen LogP contribution in [0.4, 0.5) is 0 Å². The first-order chi connectivity index (χ1) is 11.7. The van der Waals surface area contributed by atoms with Crippen LogP contribution in [0.2, 0.25) is 0 Å². The smallest absolute Gasteiger partial charge is 0.258 e. The highest BCUT2D eigenvalue weighted by atomic mass is 32.2. The molecule has 0 saturated carbocycles. The van der Waals surface area contributed by atoms with Crippen LogP contribution in [0, 0.1) is 13.8 Å². The van der Waals surface area contributed by atoms with Crippen molar-refractivity contribution in [3.63, 3.8) is 0 Å². The third-order valence-electron chi connectivity index (χ3n) is 3.94. The van der Waals surface area contributed by atoms with E-state index in [2.05, 4.69) is 5.32 Å². The molecular formula is C19H23NO4S. The van der Waals surface area contributed by atoms with E-state index >= 15 is 0 Å². The highest BCUT2D eigenvalue weighted by Crippen LogP contribution is 2.22. The Labute approximate surface area is 148 Å². The molecule has 2 rings (SSSR count). The number of sulfone groups is 1. The SMILES string of the molecule is Cc1cccc(C)c1OCC(=O)N[C@@H](C)c1ccc(S(C)(=O)=O)cc1. The fourth-order valence-electron chi connectivity index (χ4n) is 2.53. The Kier molecular flexibility index (Phi) is 5.85. The second-order valence-electron chi connectivity index (χ2n) is 6.14. The molecule has 1 N–H and O–H groups in total. The molecule has 0 aliphatic rings. The van der Waals surface area contributed by atoms with Crippen molar-refractivity contribution in [2.45, 2.75) is 31.7 Å². The van der Waals surface area contributed by atoms with Crippen molar-refractivity contribution in [3.8, 4) is 5.75 Å². The maximum Gasteiger partial charge on any atom is 0.258 e. The minimum absolute atomic E-state index is 0.0720. The van der Waals surface area contributed by atoms with Gasteiger partial charge in [0.25, 0.3) is 5.91 Å². The van der Waals surface area contributed by atoms with Gasteiger partial charge in [0.2, 0.25) is 0 Å². The van der Waals surface area contributed by atoms with Gasteiger partial charge in [0.05, 0.1) is 10.9 Å². The highest BCUT2D eigenvalue weighted by molar-refractivity contribution is 7.90. The first-order valence-corrected chi connectivity index (χ1v) is 9.86. The number of hydrogen-bond donors (Lipinski definition) is 1. The molecule has 0 unspecified atom stereocenters. The fourth-order valence-corrected chi connectivity index (χ4v) is 3.17. The van der Waals surface area contributed by atoms with Crippen molar-refractivity contribution in [2.24, 2.45) is 0 Å². The summed E-state index contributed by atoms with van der Waals surface area (Å²) in [6.45, 7) is 5.64. The maximum absolute atomic E-state index is 12.1. The van der Waals surface area contributed by atoms with E-state index < -0.39 is 9.84 Å². The van der Waals surface area contributed by atoms with Crippen molar-refractivity contribution in [1.82, 2.24) is 5.32 Å². The van der Waals surface area contributed by atoms with Crippen LogP contribution in [0.25, 0.3) is 0 Å². The molecule has 2 aromatic rings. The van der Waals surface area contributed by atoms with Gasteiger partial charge in [-0.25, -0.2) is 8.42 Å². The molecule has 0 spiro atoms. The van der Waals surface area contributed by atoms with E-state index in [4.69, 9.17) is 4.74 Å². The number of para-hydroxylation sites is 1. The number of ether oxygens (including phenoxy) is 1. The number of amides is 1. The summed E-state index contributed by atoms with van der Waals surface area (Å²) < 4.78 is 28.6. The molecule has 1 amide bonds. The summed E-state index contributed by atoms with van der Waals surface area (Å²) in [5.74, 6) is 0.491. The molecule has 0 fully saturated rings. The largest absolute Gasteiger partial charge is 0.483 e. The van der Waals surface area contributed by atoms with Gasteiger partial charge < -0.3 is 10.1 Å². The van der Waals surface area contributed by atoms with Crippen molar-refractivity contribution < 1.29 is 17.9 Å². The van der Waals surface area contributed by atoms with Crippen LogP contribution in [-0.4, -0.2) is 27.2 Å². The second kappa shape index (κ2) is 7.70. The van der Waals surface area contributed by atoms with E-state index in [9.17, 15) is 13.2 Å². The van der Waals surface area contributed by atoms with Gasteiger partial charge in [0.1, 0.15) is 5.75 Å². The van der Waals surface area contributed by atoms with Crippen LogP contribution >= 0.6 is 0 Å². The summed E-state index contributed by atoms with van der Waals surface area (Å²) in [6, 6.07) is 12.1. The van der Waals surface area contributed by atoms with Crippen LogP contribution in [-0.2, 0) is 14.6 Å². The van der Waals surface area contributed by atoms with Crippen LogP contribution in [0.5, 0.6) is 5.75 Å². The van der Waals surface area contributed by atoms with Crippen molar-refractivity contribution >= 4 is 15.7 Å². The lowest BCUT2D eigenvalue weighted by Gasteiger charge is -2.16. The Hall–Kier alpha value is -2.34. The number of carbonyl (C=O) groups is 1. The zero-order chi connectivity index (χ0) is 18.6. The Morgan fingerprint density at radius 2 is 1.64 bits per heavy atom. The predicted molar refractivity (Wildman–Crippen MR) is 97.5 cm³/mol. The molecule has 1 atom stereocenters. The van der Waals surface area contributed by atoms with Gasteiger partial charge in [-0.2, -0.15) is 0 Å². The van der Waals surface area contributed by atoms with Gasteiger partial charge in [-0.3, -0.25) is 4.79 Å². The highest BCUT2D eigenvalue weighted by Gasteiger charge is 2.13. The topological polar surface area (TPSA) is 72.5 Å². The summed E-state index contributed by atoms with van der Waals surface area (Å²) in [4.78, 5) is 12.4. The minimum atomic E-state index is -3.22. The molecule has 0 radical (unpaired) electrons. The van der Waals surface area contributed by atoms with Gasteiger partial charge in [-0.1, -0.05) is 30.3 Å². The summed E-state index contributed by atoms with van der Waals surface area (Å²) in [7, 11) is -3.22. The van der Waals surface area contributed by atoms with Gasteiger partial charge in [-0.15, -0.1) is 0 Å². The zero-order valence-corrected chi connectivity index (χ0v) is 15.7. The molecule has 6 heteroatoms. The normalized spacial score (nSPS) is 12.5. The number of hydrogen-bond acceptors (Lipinski definition) is 4. The Morgan fingerprint density at radius 3 is 2.16 bits per heavy atom. The van der Waals surface area contributed by atoms with Crippen LogP contribution < -0.4 is 10.1 Å². The van der Waals surface area contributed by atoms with E-state index in [1.165, 1.54) is 0 Å². The molecular weight excluding hydrogens is 338 g/mol. The molecule has 0 bridgehead atoms. The molecule has 25 heavy (non-hydrogen) atoms. The van der Waals surface area contributed by atoms with Gasteiger partial charge >= 0.3 is 0 Å². The van der Waals surface area contributed by atoms with Gasteiger partial charge in [0, 0.05) is 6.26 Å². The average Bonchev–Trinajstić information content (AvgIpc) is 2.53. The van der Waals surface area contributed by atoms with Crippen molar-refractivity contribution in [3.05, 3.63) is 59.2 Å². The number of carbonyl (C=O) groups excluding carboxylic acids is 1. The van der Waals surface area contributed by atoms with E-state index in [1.807, 2.05) is 39.0 Å². The number of aryl methyl sites for hydroxylation is 2. The lowest BCUT2D eigenvalue weighted by molar-refractivity contribution is -0.123. The van der Waals surface area contributed by atoms with Crippen LogP contribution in [0.1, 0.15) is 29.7 Å². The molecule has 0 aliphatic heterocycles. The monoisotopic (exact) mass is 361 g/mol. The van der Waals surface area contributed by atoms with Crippen molar-refractivity contribution in [2.75, 3.05) is 12.9 Å². The Balaban J connectivity index is 1.96. The first-order valence-electron chi connectivity index (χ1n) is 7.97. The van der Waals surface area contributed by atoms with Crippen LogP contribution in [0.3, 0.4) is 0 Å². The fraction of sp³-hybridized carbons (Fsp3) is 0.316. The van der Waals surface area contributed by atoms with Crippen molar-refractivity contribution in [1.29, 1.82) is 0 Å². The van der Waals surface area contributed by atoms with Gasteiger partial charge in [0.15, 0.2) is 16.4 Å². The lowest BCUT2D eigenvalue weighted by atomic mass is 10.1. The van der Waals surface area contributed by atoms with E-state index in [0.29, 0.717) is 0 Å². The van der Waals surface area contributed by atoms with E-state index in [-0.39, 0.29) is 23.5 Å². The second-order valence-corrected chi connectivity index (χ2v) is 8.16. The molecule has 5 nitrogen and oxygen atoms in total. The molecule has 0 aliphatic carbocycles. The Morgan fingerprint density at radius 1 is 1.08 bits per heavy atom. The Bertz CT molecular complexity index is 837. The molecule has 2 aromatic carbocycles. The summed E-state index contributed by atoms with van der Waals surface area (Å²) in [5.41, 5.74) is 2.79. The minimum Gasteiger partial charge on any atom is -0.483 e. The lowest BCUT2D eigenvalue weighted by Crippen LogP contribution is -2.31. The van der Waals surface area contributed by atoms with Gasteiger partial charge in [-0.05, 0) is 49.6 Å². The standard InChI is InChI=1S/C19H23NO4S/c1-13-6-5-7-14(2)19(13)24-12-18(21)20-15(3)16-8-10-17(11-9-16)25(4,22)23/h5-11,15H,12H2,1-4H3,(H,20,21)/t15-/m0/s1. The number of benzene rings is 2. The molecule has 0 heterocycles. The predicted octanol–water partition coefficient (Wildman–Crippen LogP) is 2.96. The molecule has 0 saturated heterocycles. The third kappa shape index (κ3) is 5.06. The maximum atomic E-state index is 12.1. The number of rotatable bonds is 6. The molecule has 134 valence electrons. The summed E-state index contributed by atoms with van der Waals surface area (Å²) in [6.07, 6.45) is 1.16. The van der Waals surface area contributed by atoms with E-state index in [0.717, 1.165) is 28.7 Å². The third-order valence-corrected chi connectivity index (χ3v) is 5.07. The number of nitrogens with one attached hydrogen (secondary N) is 1. The summed E-state index contributed by atoms with van der Waals surface area (Å²) >= 11 is 0. The molecule has 0 aromatic heterocycles. The average molecular weight is 361 g/mol. The zero-order valence-electron chi connectivity index (χ0n) is 14.9. The summed E-state index contributed by atoms with van der Waals surface area (Å²) in [5, 5.41) is 2.85.